The Bertz CT molecular complexity index is 685. The molecule has 1 unspecified atom stereocenters. The summed E-state index contributed by atoms with van der Waals surface area (Å²) in [5, 5.41) is 23.3. The molecule has 1 amide bonds. The van der Waals surface area contributed by atoms with Gasteiger partial charge in [0.25, 0.3) is 0 Å². The number of carbonyl (C=O) groups is 1. The Morgan fingerprint density at radius 3 is 2.79 bits per heavy atom. The first-order chi connectivity index (χ1) is 11.7. The van der Waals surface area contributed by atoms with Gasteiger partial charge < -0.3 is 15.1 Å². The fourth-order valence-corrected chi connectivity index (χ4v) is 4.55. The summed E-state index contributed by atoms with van der Waals surface area (Å²) in [6, 6.07) is 5.81. The van der Waals surface area contributed by atoms with E-state index in [1.807, 2.05) is 33.9 Å². The number of nitrogens with zero attached hydrogens (tertiary/aromatic N) is 1. The van der Waals surface area contributed by atoms with E-state index in [1.54, 1.807) is 23.5 Å². The van der Waals surface area contributed by atoms with Crippen LogP contribution in [0.2, 0.25) is 0 Å². The van der Waals surface area contributed by atoms with Gasteiger partial charge in [0, 0.05) is 28.9 Å². The second-order valence-electron chi connectivity index (χ2n) is 5.97. The first-order valence-electron chi connectivity index (χ1n) is 8.04. The molecule has 6 heteroatoms. The van der Waals surface area contributed by atoms with E-state index in [2.05, 4.69) is 0 Å². The molecule has 0 aromatic carbocycles. The molecular formula is C18H21NO3S2. The Kier molecular flexibility index (Phi) is 5.84. The summed E-state index contributed by atoms with van der Waals surface area (Å²) in [6.07, 6.45) is 4.64. The van der Waals surface area contributed by atoms with E-state index in [-0.39, 0.29) is 18.4 Å². The van der Waals surface area contributed by atoms with Gasteiger partial charge in [0.15, 0.2) is 0 Å². The fourth-order valence-electron chi connectivity index (χ4n) is 2.95. The third kappa shape index (κ3) is 4.13. The molecule has 1 atom stereocenters. The predicted octanol–water partition coefficient (Wildman–Crippen LogP) is 3.29. The first kappa shape index (κ1) is 17.4. The van der Waals surface area contributed by atoms with E-state index in [0.29, 0.717) is 13.1 Å². The quantitative estimate of drug-likeness (QED) is 0.802. The molecule has 0 radical (unpaired) electrons. The van der Waals surface area contributed by atoms with Crippen molar-refractivity contribution < 1.29 is 15.0 Å². The summed E-state index contributed by atoms with van der Waals surface area (Å²) in [5.74, 6) is 0.235. The third-order valence-corrected chi connectivity index (χ3v) is 6.27. The number of likely N-dealkylation sites (tertiary alicyclic amines) is 1. The highest BCUT2D eigenvalue weighted by Crippen LogP contribution is 2.33. The van der Waals surface area contributed by atoms with Crippen LogP contribution in [0.3, 0.4) is 0 Å². The van der Waals surface area contributed by atoms with Crippen molar-refractivity contribution in [3.05, 3.63) is 50.4 Å². The van der Waals surface area contributed by atoms with E-state index in [0.717, 1.165) is 28.2 Å². The Hall–Kier alpha value is -1.47. The number of hydrogen-bond acceptors (Lipinski definition) is 5. The Morgan fingerprint density at radius 1 is 1.38 bits per heavy atom. The highest BCUT2D eigenvalue weighted by atomic mass is 32.1. The molecule has 1 aliphatic rings. The van der Waals surface area contributed by atoms with Gasteiger partial charge in [-0.05, 0) is 53.3 Å². The maximum atomic E-state index is 12.3. The average Bonchev–Trinajstić information content (AvgIpc) is 3.30. The van der Waals surface area contributed by atoms with E-state index in [9.17, 15) is 9.90 Å². The van der Waals surface area contributed by atoms with Crippen molar-refractivity contribution in [2.45, 2.75) is 25.6 Å². The molecule has 4 nitrogen and oxygen atoms in total. The number of aliphatic hydroxyl groups excluding tert-OH is 2. The molecule has 0 spiro atoms. The summed E-state index contributed by atoms with van der Waals surface area (Å²) in [7, 11) is 0. The number of rotatable bonds is 5. The van der Waals surface area contributed by atoms with Crippen molar-refractivity contribution in [2.24, 2.45) is 5.92 Å². The van der Waals surface area contributed by atoms with Gasteiger partial charge in [-0.25, -0.2) is 0 Å². The van der Waals surface area contributed by atoms with Crippen molar-refractivity contribution >= 4 is 34.7 Å². The molecule has 1 aliphatic heterocycles. The number of thiophene rings is 2. The van der Waals surface area contributed by atoms with E-state index < -0.39 is 6.10 Å². The topological polar surface area (TPSA) is 60.8 Å². The average molecular weight is 364 g/mol. The predicted molar refractivity (Wildman–Crippen MR) is 97.9 cm³/mol. The monoisotopic (exact) mass is 363 g/mol. The number of piperidine rings is 1. The van der Waals surface area contributed by atoms with Gasteiger partial charge >= 0.3 is 0 Å². The molecule has 24 heavy (non-hydrogen) atoms. The lowest BCUT2D eigenvalue weighted by Gasteiger charge is -2.33. The molecule has 0 aliphatic carbocycles. The lowest BCUT2D eigenvalue weighted by Crippen LogP contribution is -2.38. The van der Waals surface area contributed by atoms with E-state index in [4.69, 9.17) is 5.11 Å². The summed E-state index contributed by atoms with van der Waals surface area (Å²) < 4.78 is 0. The van der Waals surface area contributed by atoms with Crippen molar-refractivity contribution in [2.75, 3.05) is 13.1 Å². The minimum absolute atomic E-state index is 0.0120. The summed E-state index contributed by atoms with van der Waals surface area (Å²) in [5.41, 5.74) is 0.871. The molecule has 0 saturated carbocycles. The zero-order valence-electron chi connectivity index (χ0n) is 13.3. The highest BCUT2D eigenvalue weighted by Gasteiger charge is 2.28. The van der Waals surface area contributed by atoms with E-state index >= 15 is 0 Å². The summed E-state index contributed by atoms with van der Waals surface area (Å²) >= 11 is 3.10. The maximum Gasteiger partial charge on any atom is 0.246 e. The standard InChI is InChI=1S/C18H21NO3S2/c20-11-13-10-15(24-12-13)3-4-17(21)19-7-5-14(6-8-19)18(22)16-2-1-9-23-16/h1-4,9-10,12,14,18,20,22H,5-8,11H2/b4-3+. The van der Waals surface area contributed by atoms with Gasteiger partial charge in [-0.2, -0.15) is 0 Å². The summed E-state index contributed by atoms with van der Waals surface area (Å²) in [4.78, 5) is 16.1. The molecule has 128 valence electrons. The molecule has 1 saturated heterocycles. The lowest BCUT2D eigenvalue weighted by molar-refractivity contribution is -0.127. The molecule has 0 bridgehead atoms. The number of aliphatic hydroxyl groups is 2. The van der Waals surface area contributed by atoms with Gasteiger partial charge in [-0.15, -0.1) is 22.7 Å². The van der Waals surface area contributed by atoms with Crippen LogP contribution in [-0.4, -0.2) is 34.1 Å². The van der Waals surface area contributed by atoms with Gasteiger partial charge in [0.05, 0.1) is 12.7 Å². The van der Waals surface area contributed by atoms with Crippen LogP contribution in [0.4, 0.5) is 0 Å². The number of carbonyl (C=O) groups excluding carboxylic acids is 1. The molecular weight excluding hydrogens is 342 g/mol. The smallest absolute Gasteiger partial charge is 0.246 e. The van der Waals surface area contributed by atoms with Gasteiger partial charge in [-0.1, -0.05) is 6.07 Å². The van der Waals surface area contributed by atoms with Crippen LogP contribution in [0.5, 0.6) is 0 Å². The SMILES string of the molecule is O=C(/C=C/c1cc(CO)cs1)N1CCC(C(O)c2cccs2)CC1. The number of hydrogen-bond donors (Lipinski definition) is 2. The van der Waals surface area contributed by atoms with Gasteiger partial charge in [-0.3, -0.25) is 4.79 Å². The molecule has 3 rings (SSSR count). The minimum atomic E-state index is -0.416. The van der Waals surface area contributed by atoms with Crippen molar-refractivity contribution in [3.63, 3.8) is 0 Å². The summed E-state index contributed by atoms with van der Waals surface area (Å²) in [6.45, 7) is 1.39. The number of amides is 1. The first-order valence-corrected chi connectivity index (χ1v) is 9.80. The Labute approximate surface area is 149 Å². The molecule has 2 aromatic heterocycles. The van der Waals surface area contributed by atoms with Crippen LogP contribution in [0.1, 0.15) is 34.3 Å². The van der Waals surface area contributed by atoms with E-state index in [1.165, 1.54) is 11.3 Å². The highest BCUT2D eigenvalue weighted by molar-refractivity contribution is 7.11. The lowest BCUT2D eigenvalue weighted by atomic mass is 9.90. The van der Waals surface area contributed by atoms with Crippen molar-refractivity contribution in [3.8, 4) is 0 Å². The fraction of sp³-hybridized carbons (Fsp3) is 0.389. The molecule has 2 aromatic rings. The minimum Gasteiger partial charge on any atom is -0.392 e. The van der Waals surface area contributed by atoms with Crippen LogP contribution in [0.25, 0.3) is 6.08 Å². The maximum absolute atomic E-state index is 12.3. The van der Waals surface area contributed by atoms with Crippen LogP contribution in [0.15, 0.2) is 35.0 Å². The Balaban J connectivity index is 1.51. The second kappa shape index (κ2) is 8.07. The Morgan fingerprint density at radius 2 is 2.17 bits per heavy atom. The molecule has 1 fully saturated rings. The zero-order chi connectivity index (χ0) is 16.9. The normalized spacial score (nSPS) is 17.5. The van der Waals surface area contributed by atoms with Gasteiger partial charge in [0.2, 0.25) is 5.91 Å². The van der Waals surface area contributed by atoms with Crippen LogP contribution in [0, 0.1) is 5.92 Å². The van der Waals surface area contributed by atoms with Crippen molar-refractivity contribution in [1.29, 1.82) is 0 Å². The third-order valence-electron chi connectivity index (χ3n) is 4.38. The van der Waals surface area contributed by atoms with Crippen LogP contribution in [-0.2, 0) is 11.4 Å². The van der Waals surface area contributed by atoms with Crippen molar-refractivity contribution in [1.82, 2.24) is 4.90 Å². The largest absolute Gasteiger partial charge is 0.392 e. The van der Waals surface area contributed by atoms with Crippen LogP contribution < -0.4 is 0 Å². The molecule has 2 N–H and O–H groups in total. The molecule has 3 heterocycles. The van der Waals surface area contributed by atoms with Gasteiger partial charge in [0.1, 0.15) is 0 Å². The van der Waals surface area contributed by atoms with Crippen LogP contribution >= 0.6 is 22.7 Å². The second-order valence-corrected chi connectivity index (χ2v) is 7.89. The zero-order valence-corrected chi connectivity index (χ0v) is 14.9.